The van der Waals surface area contributed by atoms with Gasteiger partial charge in [-0.25, -0.2) is 0 Å². The summed E-state index contributed by atoms with van der Waals surface area (Å²) in [4.78, 5) is 37.4. The summed E-state index contributed by atoms with van der Waals surface area (Å²) in [5.74, 6) is -1.22. The first-order valence-corrected chi connectivity index (χ1v) is 21.0. The molecule has 0 aliphatic heterocycles. The average Bonchev–Trinajstić information content (AvgIpc) is 3.18. The number of allylic oxidation sites excluding steroid dienone is 19. The van der Waals surface area contributed by atoms with Gasteiger partial charge in [-0.05, 0) is 89.9 Å². The van der Waals surface area contributed by atoms with Gasteiger partial charge < -0.3 is 14.2 Å². The third-order valence-corrected chi connectivity index (χ3v) is 7.98. The number of carbonyl (C=O) groups excluding carboxylic acids is 3. The quantitative estimate of drug-likeness (QED) is 0.0277. The Morgan fingerprint density at radius 2 is 0.800 bits per heavy atom. The number of hydrogen-bond acceptors (Lipinski definition) is 6. The van der Waals surface area contributed by atoms with Crippen LogP contribution in [0.5, 0.6) is 0 Å². The second kappa shape index (κ2) is 42.6. The molecule has 0 fully saturated rings. The van der Waals surface area contributed by atoms with Crippen molar-refractivity contribution in [3.63, 3.8) is 0 Å². The van der Waals surface area contributed by atoms with Crippen molar-refractivity contribution in [2.75, 3.05) is 13.2 Å². The standard InChI is InChI=1S/C49H74O6/c1-4-7-10-13-16-19-20-21-22-23-24-25-26-27-28-31-33-36-39-42-48(51)54-45-46(55-49(52)43-40-37-34-30-18-15-12-9-6-3)44-53-47(50)41-38-35-32-29-17-14-11-8-5-2/h7,9-10,12,16,18-19,21-22,24-25,27-30,32-33,36-37,40,46H,4-6,8,11,13-15,17,20,23,26,31,34-35,38-39,41-45H2,1-3H3/b10-7-,12-9-,19-16-,22-21-,25-24-,28-27-,30-18-,32-29-,36-33-,40-37-. The van der Waals surface area contributed by atoms with Gasteiger partial charge in [-0.15, -0.1) is 0 Å². The van der Waals surface area contributed by atoms with E-state index in [0.717, 1.165) is 70.6 Å². The van der Waals surface area contributed by atoms with Crippen molar-refractivity contribution in [2.24, 2.45) is 0 Å². The molecule has 6 nitrogen and oxygen atoms in total. The van der Waals surface area contributed by atoms with Crippen LogP contribution >= 0.6 is 0 Å². The molecule has 0 aromatic heterocycles. The fourth-order valence-corrected chi connectivity index (χ4v) is 4.88. The second-order valence-electron chi connectivity index (χ2n) is 13.1. The van der Waals surface area contributed by atoms with E-state index in [2.05, 4.69) is 112 Å². The van der Waals surface area contributed by atoms with E-state index in [4.69, 9.17) is 14.2 Å². The second-order valence-corrected chi connectivity index (χ2v) is 13.1. The molecule has 0 heterocycles. The SMILES string of the molecule is CC/C=C\C/C=C\C/C=C\C/C=C\C/C=C\C/C=C\CCC(=O)OCC(COC(=O)CCC/C=C\CCCCCC)OC(=O)C/C=C\C/C=C\C/C=C\CC. The van der Waals surface area contributed by atoms with Gasteiger partial charge in [0.1, 0.15) is 13.2 Å². The summed E-state index contributed by atoms with van der Waals surface area (Å²) in [5, 5.41) is 0. The first kappa shape index (κ1) is 50.8. The third-order valence-electron chi connectivity index (χ3n) is 7.98. The van der Waals surface area contributed by atoms with Gasteiger partial charge in [0.05, 0.1) is 6.42 Å². The first-order chi connectivity index (χ1) is 27.0. The zero-order chi connectivity index (χ0) is 40.1. The van der Waals surface area contributed by atoms with Gasteiger partial charge in [0.25, 0.3) is 0 Å². The monoisotopic (exact) mass is 759 g/mol. The van der Waals surface area contributed by atoms with E-state index in [1.807, 2.05) is 24.3 Å². The van der Waals surface area contributed by atoms with Crippen LogP contribution in [-0.4, -0.2) is 37.2 Å². The van der Waals surface area contributed by atoms with Gasteiger partial charge in [-0.1, -0.05) is 162 Å². The van der Waals surface area contributed by atoms with Crippen molar-refractivity contribution in [1.82, 2.24) is 0 Å². The highest BCUT2D eigenvalue weighted by molar-refractivity contribution is 5.72. The van der Waals surface area contributed by atoms with Crippen LogP contribution < -0.4 is 0 Å². The fourth-order valence-electron chi connectivity index (χ4n) is 4.88. The molecule has 0 spiro atoms. The van der Waals surface area contributed by atoms with E-state index >= 15 is 0 Å². The van der Waals surface area contributed by atoms with E-state index in [9.17, 15) is 14.4 Å². The summed E-state index contributed by atoms with van der Waals surface area (Å²) in [5.41, 5.74) is 0. The Morgan fingerprint density at radius 1 is 0.400 bits per heavy atom. The van der Waals surface area contributed by atoms with Crippen LogP contribution in [0, 0.1) is 0 Å². The maximum Gasteiger partial charge on any atom is 0.310 e. The molecule has 0 bridgehead atoms. The molecular weight excluding hydrogens is 685 g/mol. The largest absolute Gasteiger partial charge is 0.462 e. The minimum absolute atomic E-state index is 0.0788. The molecular formula is C49H74O6. The van der Waals surface area contributed by atoms with Gasteiger partial charge in [-0.3, -0.25) is 14.4 Å². The molecule has 0 aromatic carbocycles. The summed E-state index contributed by atoms with van der Waals surface area (Å²) in [6.07, 6.45) is 58.1. The predicted molar refractivity (Wildman–Crippen MR) is 233 cm³/mol. The van der Waals surface area contributed by atoms with Crippen molar-refractivity contribution in [3.8, 4) is 0 Å². The highest BCUT2D eigenvalue weighted by Crippen LogP contribution is 2.07. The zero-order valence-corrected chi connectivity index (χ0v) is 34.6. The Bertz CT molecular complexity index is 1240. The lowest BCUT2D eigenvalue weighted by atomic mass is 10.1. The molecule has 1 unspecified atom stereocenters. The van der Waals surface area contributed by atoms with E-state index in [-0.39, 0.29) is 38.4 Å². The average molecular weight is 759 g/mol. The van der Waals surface area contributed by atoms with E-state index in [1.54, 1.807) is 6.08 Å². The lowest BCUT2D eigenvalue weighted by Crippen LogP contribution is -2.30. The summed E-state index contributed by atoms with van der Waals surface area (Å²) in [7, 11) is 0. The van der Waals surface area contributed by atoms with Gasteiger partial charge in [-0.2, -0.15) is 0 Å². The van der Waals surface area contributed by atoms with Crippen LogP contribution in [0.2, 0.25) is 0 Å². The van der Waals surface area contributed by atoms with Crippen molar-refractivity contribution in [3.05, 3.63) is 122 Å². The van der Waals surface area contributed by atoms with Crippen molar-refractivity contribution < 1.29 is 28.6 Å². The van der Waals surface area contributed by atoms with Gasteiger partial charge in [0.2, 0.25) is 0 Å². The molecule has 0 aliphatic carbocycles. The number of esters is 3. The molecule has 0 radical (unpaired) electrons. The topological polar surface area (TPSA) is 78.9 Å². The van der Waals surface area contributed by atoms with Gasteiger partial charge >= 0.3 is 17.9 Å². The number of unbranched alkanes of at least 4 members (excludes halogenated alkanes) is 5. The zero-order valence-electron chi connectivity index (χ0n) is 34.6. The number of rotatable bonds is 35. The maximum atomic E-state index is 12.6. The molecule has 55 heavy (non-hydrogen) atoms. The normalized spacial score (nSPS) is 13.3. The number of carbonyl (C=O) groups is 3. The molecule has 1 atom stereocenters. The molecule has 0 saturated heterocycles. The van der Waals surface area contributed by atoms with Crippen LogP contribution in [0.1, 0.15) is 149 Å². The van der Waals surface area contributed by atoms with Crippen molar-refractivity contribution >= 4 is 17.9 Å². The number of ether oxygens (including phenoxy) is 3. The lowest BCUT2D eigenvalue weighted by Gasteiger charge is -2.18. The highest BCUT2D eigenvalue weighted by Gasteiger charge is 2.19. The molecule has 0 aliphatic rings. The third kappa shape index (κ3) is 40.8. The minimum Gasteiger partial charge on any atom is -0.462 e. The summed E-state index contributed by atoms with van der Waals surface area (Å²) >= 11 is 0. The smallest absolute Gasteiger partial charge is 0.310 e. The van der Waals surface area contributed by atoms with Crippen LogP contribution in [-0.2, 0) is 28.6 Å². The van der Waals surface area contributed by atoms with Crippen LogP contribution in [0.3, 0.4) is 0 Å². The Balaban J connectivity index is 4.56. The van der Waals surface area contributed by atoms with Crippen LogP contribution in [0.25, 0.3) is 0 Å². The maximum absolute atomic E-state index is 12.6. The molecule has 0 saturated carbocycles. The van der Waals surface area contributed by atoms with Gasteiger partial charge in [0, 0.05) is 12.8 Å². The van der Waals surface area contributed by atoms with Crippen molar-refractivity contribution in [1.29, 1.82) is 0 Å². The molecule has 0 rings (SSSR count). The summed E-state index contributed by atoms with van der Waals surface area (Å²) < 4.78 is 16.4. The van der Waals surface area contributed by atoms with Crippen LogP contribution in [0.4, 0.5) is 0 Å². The molecule has 0 N–H and O–H groups in total. The highest BCUT2D eigenvalue weighted by atomic mass is 16.6. The number of hydrogen-bond donors (Lipinski definition) is 0. The van der Waals surface area contributed by atoms with Crippen molar-refractivity contribution in [2.45, 2.75) is 155 Å². The molecule has 306 valence electrons. The molecule has 6 heteroatoms. The van der Waals surface area contributed by atoms with Gasteiger partial charge in [0.15, 0.2) is 6.10 Å². The molecule has 0 amide bonds. The van der Waals surface area contributed by atoms with E-state index < -0.39 is 18.0 Å². The summed E-state index contributed by atoms with van der Waals surface area (Å²) in [6, 6.07) is 0. The Labute approximate surface area is 335 Å². The Morgan fingerprint density at radius 3 is 1.27 bits per heavy atom. The minimum atomic E-state index is -0.868. The summed E-state index contributed by atoms with van der Waals surface area (Å²) in [6.45, 7) is 6.13. The lowest BCUT2D eigenvalue weighted by molar-refractivity contribution is -0.166. The Hall–Kier alpha value is -4.19. The first-order valence-electron chi connectivity index (χ1n) is 21.0. The van der Waals surface area contributed by atoms with E-state index in [0.29, 0.717) is 12.8 Å². The fraction of sp³-hybridized carbons (Fsp3) is 0.531. The predicted octanol–water partition coefficient (Wildman–Crippen LogP) is 13.4. The molecule has 0 aromatic rings. The van der Waals surface area contributed by atoms with E-state index in [1.165, 1.54) is 25.7 Å². The van der Waals surface area contributed by atoms with Crippen LogP contribution in [0.15, 0.2) is 122 Å². The Kier molecular flexibility index (Phi) is 39.3.